The van der Waals surface area contributed by atoms with E-state index in [1.807, 2.05) is 96.1 Å². The third-order valence-electron chi connectivity index (χ3n) is 18.6. The molecule has 0 unspecified atom stereocenters. The number of rotatable bonds is 30. The summed E-state index contributed by atoms with van der Waals surface area (Å²) in [6.07, 6.45) is 8.27. The Kier molecular flexibility index (Phi) is 28.6. The van der Waals surface area contributed by atoms with Crippen molar-refractivity contribution in [2.24, 2.45) is 41.4 Å². The molecular formula is C76H97N13O12. The van der Waals surface area contributed by atoms with Crippen molar-refractivity contribution >= 4 is 85.6 Å². The fraction of sp³-hybridized carbons (Fsp3) is 0.500. The molecule has 5 heterocycles. The van der Waals surface area contributed by atoms with Gasteiger partial charge in [-0.1, -0.05) is 72.2 Å². The van der Waals surface area contributed by atoms with Gasteiger partial charge in [-0.2, -0.15) is 15.8 Å². The number of ketones is 2. The number of benzene rings is 3. The Hall–Kier alpha value is -10.5. The molecule has 3 fully saturated rings. The zero-order valence-electron chi connectivity index (χ0n) is 59.6. The molecule has 0 bridgehead atoms. The van der Waals surface area contributed by atoms with Gasteiger partial charge in [0, 0.05) is 95.9 Å². The molecule has 8 N–H and O–H groups in total. The Labute approximate surface area is 590 Å². The molecule has 7 amide bonds. The van der Waals surface area contributed by atoms with Crippen LogP contribution in [0.5, 0.6) is 17.2 Å². The molecule has 2 saturated heterocycles. The van der Waals surface area contributed by atoms with Crippen molar-refractivity contribution in [2.75, 3.05) is 48.0 Å². The number of hydrogen-bond donors (Lipinski definition) is 8. The molecular weight excluding hydrogens is 1290 g/mol. The number of nitrogens with zero attached hydrogens (tertiary/aromatic N) is 5. The molecule has 3 aromatic heterocycles. The summed E-state index contributed by atoms with van der Waals surface area (Å²) in [4.78, 5) is 128. The predicted molar refractivity (Wildman–Crippen MR) is 382 cm³/mol. The molecule has 1 aliphatic carbocycles. The van der Waals surface area contributed by atoms with E-state index in [0.29, 0.717) is 92.4 Å². The van der Waals surface area contributed by atoms with E-state index in [9.17, 15) is 58.9 Å². The van der Waals surface area contributed by atoms with E-state index in [1.165, 1.54) is 9.80 Å². The number of nitrogens with one attached hydrogen (secondary N) is 8. The maximum Gasteiger partial charge on any atom is 0.271 e. The van der Waals surface area contributed by atoms with Gasteiger partial charge >= 0.3 is 0 Å². The number of likely N-dealkylation sites (N-methyl/N-ethyl adjacent to an activating group) is 1. The molecule has 538 valence electrons. The highest BCUT2D eigenvalue weighted by Crippen LogP contribution is 2.32. The second-order valence-electron chi connectivity index (χ2n) is 27.5. The number of carbonyl (C=O) groups is 9. The van der Waals surface area contributed by atoms with Crippen molar-refractivity contribution in [2.45, 2.75) is 155 Å². The molecule has 6 aromatic rings. The Bertz CT molecular complexity index is 4060. The lowest BCUT2D eigenvalue weighted by molar-refractivity contribution is -0.127. The van der Waals surface area contributed by atoms with Crippen LogP contribution in [0, 0.1) is 75.4 Å². The van der Waals surface area contributed by atoms with Crippen LogP contribution in [-0.2, 0) is 28.8 Å². The third kappa shape index (κ3) is 20.8. The standard InChI is InChI=1S/C26H33N5O4.C26H33N3O4.C24H31N5O4/c1-5-11-31(26(34)21-14-19-20(30-21)7-6-8-23(19)35-4)22(12-16(2)3)25(33)29-18(15-27)13-17-9-10-28-24(17)32;1-16(2)11-18(26(32)28-19(15-27)12-17-7-4-5-9-23(17)30)13-24(31)22-14-20-21(29-22)8-6-10-25(20)33-3;1-14(2)10-20(23(31)27-16(13-25)11-15-8-9-26-22(15)30)29(3)24(32)19-12-17-18(28-19)6-5-7-21(17)33-4/h5-8,14,16-18,22,30H,1,9-13H2,2-4H3,(H,28,32)(H,29,33);6,8,10,14,16-19,29H,4-5,7,9,11-13H2,1-3H3,(H,28,32);5-7,12,14-16,20,28H,8-11H2,1-4H3,(H,26,30)(H,27,31)/t17-,18-,22-;17-,18+,19-;15-,16-,20-/m000/s1. The summed E-state index contributed by atoms with van der Waals surface area (Å²) in [5.41, 5.74) is 3.40. The zero-order valence-corrected chi connectivity index (χ0v) is 59.6. The van der Waals surface area contributed by atoms with Gasteiger partial charge in [0.25, 0.3) is 11.8 Å². The lowest BCUT2D eigenvalue weighted by Gasteiger charge is -2.31. The summed E-state index contributed by atoms with van der Waals surface area (Å²) in [7, 11) is 6.30. The number of Topliss-reactive ketones (excluding diaryl/α,β-unsaturated/α-hetero) is 2. The van der Waals surface area contributed by atoms with Crippen LogP contribution in [0.2, 0.25) is 0 Å². The molecule has 0 spiro atoms. The fourth-order valence-electron chi connectivity index (χ4n) is 13.3. The molecule has 101 heavy (non-hydrogen) atoms. The van der Waals surface area contributed by atoms with Gasteiger partial charge < -0.3 is 65.5 Å². The van der Waals surface area contributed by atoms with Crippen molar-refractivity contribution in [1.29, 1.82) is 15.8 Å². The number of aromatic amines is 3. The summed E-state index contributed by atoms with van der Waals surface area (Å²) >= 11 is 0. The number of H-pyrrole nitrogens is 3. The normalized spacial score (nSPS) is 17.4. The average Bonchev–Trinajstić information content (AvgIpc) is 1.68. The van der Waals surface area contributed by atoms with Crippen molar-refractivity contribution in [3.63, 3.8) is 0 Å². The first kappa shape index (κ1) is 77.9. The highest BCUT2D eigenvalue weighted by atomic mass is 16.5. The summed E-state index contributed by atoms with van der Waals surface area (Å²) in [5, 5.41) is 44.9. The number of methoxy groups -OCH3 is 3. The molecule has 0 radical (unpaired) electrons. The second kappa shape index (κ2) is 37.1. The van der Waals surface area contributed by atoms with Crippen LogP contribution >= 0.6 is 0 Å². The summed E-state index contributed by atoms with van der Waals surface area (Å²) in [5.74, 6) is -0.915. The number of carbonyl (C=O) groups excluding carboxylic acids is 9. The van der Waals surface area contributed by atoms with E-state index < -0.39 is 47.9 Å². The van der Waals surface area contributed by atoms with E-state index in [-0.39, 0.29) is 102 Å². The number of nitriles is 3. The Morgan fingerprint density at radius 1 is 0.564 bits per heavy atom. The lowest BCUT2D eigenvalue weighted by Crippen LogP contribution is -2.52. The largest absolute Gasteiger partial charge is 0.496 e. The number of amides is 7. The van der Waals surface area contributed by atoms with Gasteiger partial charge in [0.2, 0.25) is 29.5 Å². The van der Waals surface area contributed by atoms with Crippen LogP contribution in [-0.4, -0.2) is 156 Å². The van der Waals surface area contributed by atoms with Crippen LogP contribution < -0.4 is 40.8 Å². The summed E-state index contributed by atoms with van der Waals surface area (Å²) in [6, 6.07) is 24.1. The van der Waals surface area contributed by atoms with Crippen molar-refractivity contribution in [3.05, 3.63) is 103 Å². The van der Waals surface area contributed by atoms with Gasteiger partial charge in [0.05, 0.1) is 45.2 Å². The number of aromatic nitrogens is 3. The SMILES string of the molecule is C=CCN(C(=O)c1cc2c(OC)cccc2[nH]1)[C@@H](CC(C)C)C(=O)N[C@H](C#N)C[C@@H]1CCNC1=O.COc1cccc2[nH]c(C(=O)C[C@@H](CC(C)C)C(=O)N[C@H](C#N)C[C@@H]3CCCCC3=O)cc12.COc1cccc2[nH]c(C(=O)N(C)[C@@H](CC(C)C)C(=O)N[C@H](C#N)C[C@@H]3CCNC3=O)cc12. The topological polar surface area (TPSA) is 367 Å². The zero-order chi connectivity index (χ0) is 73.6. The van der Waals surface area contributed by atoms with Gasteiger partial charge in [-0.15, -0.1) is 6.58 Å². The minimum absolute atomic E-state index is 0.0413. The Balaban J connectivity index is 0.000000213. The first-order chi connectivity index (χ1) is 48.3. The first-order valence-corrected chi connectivity index (χ1v) is 34.7. The Morgan fingerprint density at radius 3 is 1.40 bits per heavy atom. The van der Waals surface area contributed by atoms with E-state index in [0.717, 1.165) is 52.0 Å². The van der Waals surface area contributed by atoms with Crippen LogP contribution in [0.25, 0.3) is 32.7 Å². The van der Waals surface area contributed by atoms with Crippen LogP contribution in [0.1, 0.15) is 156 Å². The summed E-state index contributed by atoms with van der Waals surface area (Å²) < 4.78 is 16.1. The molecule has 1 saturated carbocycles. The maximum absolute atomic E-state index is 13.6. The molecule has 9 atom stereocenters. The summed E-state index contributed by atoms with van der Waals surface area (Å²) in [6.45, 7) is 16.9. The molecule has 2 aliphatic heterocycles. The molecule has 25 heteroatoms. The molecule has 3 aliphatic rings. The number of hydrogen-bond acceptors (Lipinski definition) is 15. The van der Waals surface area contributed by atoms with Gasteiger partial charge in [0.1, 0.15) is 64.6 Å². The molecule has 25 nitrogen and oxygen atoms in total. The molecule has 9 rings (SSSR count). The minimum atomic E-state index is -0.830. The average molecular weight is 1380 g/mol. The lowest BCUT2D eigenvalue weighted by atomic mass is 9.83. The third-order valence-corrected chi connectivity index (χ3v) is 18.6. The predicted octanol–water partition coefficient (Wildman–Crippen LogP) is 9.52. The van der Waals surface area contributed by atoms with E-state index >= 15 is 0 Å². The van der Waals surface area contributed by atoms with Crippen molar-refractivity contribution < 1.29 is 57.4 Å². The van der Waals surface area contributed by atoms with E-state index in [4.69, 9.17) is 14.2 Å². The quantitative estimate of drug-likeness (QED) is 0.0154. The van der Waals surface area contributed by atoms with E-state index in [1.54, 1.807) is 52.7 Å². The highest BCUT2D eigenvalue weighted by molar-refractivity contribution is 6.04. The smallest absolute Gasteiger partial charge is 0.271 e. The number of ether oxygens (including phenoxy) is 3. The highest BCUT2D eigenvalue weighted by Gasteiger charge is 2.37. The number of fused-ring (bicyclic) bond motifs is 3. The van der Waals surface area contributed by atoms with E-state index in [2.05, 4.69) is 66.3 Å². The van der Waals surface area contributed by atoms with Crippen molar-refractivity contribution in [1.82, 2.24) is 51.3 Å². The Morgan fingerprint density at radius 2 is 0.980 bits per heavy atom. The maximum atomic E-state index is 13.6. The second-order valence-corrected chi connectivity index (χ2v) is 27.5. The van der Waals surface area contributed by atoms with Crippen LogP contribution in [0.15, 0.2) is 85.5 Å². The van der Waals surface area contributed by atoms with Crippen molar-refractivity contribution in [3.8, 4) is 35.5 Å². The fourth-order valence-corrected chi connectivity index (χ4v) is 13.3. The monoisotopic (exact) mass is 1380 g/mol. The van der Waals surface area contributed by atoms with Crippen LogP contribution in [0.4, 0.5) is 0 Å². The van der Waals surface area contributed by atoms with Gasteiger partial charge in [-0.25, -0.2) is 0 Å². The van der Waals surface area contributed by atoms with Gasteiger partial charge in [-0.05, 0) is 137 Å². The first-order valence-electron chi connectivity index (χ1n) is 34.7. The van der Waals surface area contributed by atoms with Gasteiger partial charge in [0.15, 0.2) is 5.78 Å². The minimum Gasteiger partial charge on any atom is -0.496 e. The van der Waals surface area contributed by atoms with Crippen LogP contribution in [0.3, 0.4) is 0 Å². The molecule has 3 aromatic carbocycles. The van der Waals surface area contributed by atoms with Gasteiger partial charge in [-0.3, -0.25) is 43.2 Å².